The van der Waals surface area contributed by atoms with Gasteiger partial charge in [-0.25, -0.2) is 0 Å². The molecule has 0 aliphatic heterocycles. The quantitative estimate of drug-likeness (QED) is 0.541. The maximum atomic E-state index is 10.1. The van der Waals surface area contributed by atoms with Crippen LogP contribution in [0, 0.1) is 0 Å². The van der Waals surface area contributed by atoms with Gasteiger partial charge < -0.3 is 0 Å². The number of carbonyl (C=O) groups excluding carboxylic acids is 1. The molecule has 8 heteroatoms. The summed E-state index contributed by atoms with van der Waals surface area (Å²) in [5, 5.41) is 0.507. The average Bonchev–Trinajstić information content (AvgIpc) is 1.89. The second kappa shape index (κ2) is 20.5. The smallest absolute Gasteiger partial charge is 0.151 e. The predicted molar refractivity (Wildman–Crippen MR) is 84.2 cm³/mol. The second-order valence-electron chi connectivity index (χ2n) is 1.64. The number of halogens is 6. The second-order valence-corrected chi connectivity index (χ2v) is 2.05. The van der Waals surface area contributed by atoms with E-state index >= 15 is 0 Å². The van der Waals surface area contributed by atoms with Gasteiger partial charge in [0.05, 0.1) is 5.02 Å². The van der Waals surface area contributed by atoms with Gasteiger partial charge >= 0.3 is 0 Å². The standard InChI is InChI=1S/C7H5ClO.5ClH.H3P/c8-7-4-2-1-3-6(7)5-9;;;;;;/h1-5H;5*1H;1H3. The average molecular weight is 357 g/mol. The molecular weight excluding hydrogens is 344 g/mol. The Morgan fingerprint density at radius 3 is 1.60 bits per heavy atom. The summed E-state index contributed by atoms with van der Waals surface area (Å²) >= 11 is 5.59. The maximum absolute atomic E-state index is 10.1. The van der Waals surface area contributed by atoms with Gasteiger partial charge in [0.25, 0.3) is 0 Å². The molecule has 0 fully saturated rings. The van der Waals surface area contributed by atoms with Crippen molar-refractivity contribution in [2.45, 2.75) is 0 Å². The third-order valence-corrected chi connectivity index (χ3v) is 1.38. The van der Waals surface area contributed by atoms with Crippen LogP contribution < -0.4 is 0 Å². The van der Waals surface area contributed by atoms with Crippen molar-refractivity contribution in [1.82, 2.24) is 0 Å². The van der Waals surface area contributed by atoms with Crippen molar-refractivity contribution in [3.05, 3.63) is 34.9 Å². The SMILES string of the molecule is Cl.Cl.Cl.Cl.Cl.O=Cc1ccccc1Cl.P. The Labute approximate surface area is 129 Å². The van der Waals surface area contributed by atoms with Gasteiger partial charge in [0.15, 0.2) is 6.29 Å². The Hall–Kier alpha value is 1.06. The van der Waals surface area contributed by atoms with Crippen molar-refractivity contribution in [3.63, 3.8) is 0 Å². The summed E-state index contributed by atoms with van der Waals surface area (Å²) < 4.78 is 0. The van der Waals surface area contributed by atoms with E-state index in [1.165, 1.54) is 0 Å². The minimum absolute atomic E-state index is 0. The van der Waals surface area contributed by atoms with Gasteiger partial charge in [-0.1, -0.05) is 29.8 Å². The normalized spacial score (nSPS) is 5.40. The first-order valence-electron chi connectivity index (χ1n) is 2.54. The summed E-state index contributed by atoms with van der Waals surface area (Å²) in [5.41, 5.74) is 0.541. The largest absolute Gasteiger partial charge is 0.298 e. The van der Waals surface area contributed by atoms with Gasteiger partial charge in [0.2, 0.25) is 0 Å². The van der Waals surface area contributed by atoms with Crippen LogP contribution in [0.2, 0.25) is 5.02 Å². The first-order valence-corrected chi connectivity index (χ1v) is 2.92. The third kappa shape index (κ3) is 13.0. The van der Waals surface area contributed by atoms with E-state index in [1.54, 1.807) is 24.3 Å². The number of rotatable bonds is 1. The number of benzene rings is 1. The zero-order valence-corrected chi connectivity index (χ0v) is 13.7. The Kier molecular flexibility index (Phi) is 49.1. The van der Waals surface area contributed by atoms with Gasteiger partial charge in [0.1, 0.15) is 0 Å². The molecule has 0 N–H and O–H groups in total. The van der Waals surface area contributed by atoms with Crippen LogP contribution >= 0.6 is 83.5 Å². The summed E-state index contributed by atoms with van der Waals surface area (Å²) in [6, 6.07) is 6.92. The Morgan fingerprint density at radius 2 is 1.33 bits per heavy atom. The molecule has 0 aromatic heterocycles. The maximum Gasteiger partial charge on any atom is 0.151 e. The molecule has 1 rings (SSSR count). The van der Waals surface area contributed by atoms with Crippen molar-refractivity contribution in [3.8, 4) is 0 Å². The van der Waals surface area contributed by atoms with Gasteiger partial charge in [0, 0.05) is 5.56 Å². The molecule has 1 unspecified atom stereocenters. The first kappa shape index (κ1) is 36.0. The molecule has 1 aromatic rings. The molecule has 0 amide bonds. The highest BCUT2D eigenvalue weighted by Crippen LogP contribution is 2.11. The van der Waals surface area contributed by atoms with E-state index in [2.05, 4.69) is 0 Å². The molecule has 1 nitrogen and oxygen atoms in total. The summed E-state index contributed by atoms with van der Waals surface area (Å²) in [5.74, 6) is 0. The van der Waals surface area contributed by atoms with Crippen molar-refractivity contribution in [2.24, 2.45) is 0 Å². The minimum atomic E-state index is 0. The monoisotopic (exact) mass is 354 g/mol. The van der Waals surface area contributed by atoms with E-state index in [9.17, 15) is 4.79 Å². The molecule has 0 aliphatic carbocycles. The number of hydrogen-bond donors (Lipinski definition) is 0. The van der Waals surface area contributed by atoms with Gasteiger partial charge in [-0.2, -0.15) is 9.90 Å². The van der Waals surface area contributed by atoms with Gasteiger partial charge in [-0.15, -0.1) is 62.0 Å². The van der Waals surface area contributed by atoms with Crippen LogP contribution in [0.4, 0.5) is 0 Å². The molecule has 1 atom stereocenters. The van der Waals surface area contributed by atoms with Crippen LogP contribution in [0.25, 0.3) is 0 Å². The third-order valence-electron chi connectivity index (χ3n) is 1.03. The molecule has 0 radical (unpaired) electrons. The van der Waals surface area contributed by atoms with Crippen LogP contribution in [0.15, 0.2) is 24.3 Å². The lowest BCUT2D eigenvalue weighted by Crippen LogP contribution is -1.77. The van der Waals surface area contributed by atoms with E-state index in [0.717, 1.165) is 6.29 Å². The Morgan fingerprint density at radius 1 is 0.933 bits per heavy atom. The highest BCUT2D eigenvalue weighted by molar-refractivity contribution is 6.92. The van der Waals surface area contributed by atoms with Gasteiger partial charge in [-0.05, 0) is 6.07 Å². The number of aldehydes is 1. The fourth-order valence-corrected chi connectivity index (χ4v) is 0.751. The molecule has 0 bridgehead atoms. The molecule has 0 saturated heterocycles. The molecule has 1 aromatic carbocycles. The van der Waals surface area contributed by atoms with Gasteiger partial charge in [-0.3, -0.25) is 4.79 Å². The van der Waals surface area contributed by atoms with E-state index in [-0.39, 0.29) is 71.9 Å². The fraction of sp³-hybridized carbons (Fsp3) is 0. The summed E-state index contributed by atoms with van der Waals surface area (Å²) in [6.07, 6.45) is 0.738. The van der Waals surface area contributed by atoms with Crippen LogP contribution in [0.3, 0.4) is 0 Å². The van der Waals surface area contributed by atoms with Crippen LogP contribution in [-0.4, -0.2) is 6.29 Å². The lowest BCUT2D eigenvalue weighted by molar-refractivity contribution is 0.112. The molecule has 0 heterocycles. The van der Waals surface area contributed by atoms with Crippen LogP contribution in [0.1, 0.15) is 10.4 Å². The van der Waals surface area contributed by atoms with E-state index in [0.29, 0.717) is 10.6 Å². The molecular formula is C7H13Cl6OP. The summed E-state index contributed by atoms with van der Waals surface area (Å²) in [6.45, 7) is 0. The summed E-state index contributed by atoms with van der Waals surface area (Å²) in [4.78, 5) is 10.1. The molecule has 0 aliphatic rings. The summed E-state index contributed by atoms with van der Waals surface area (Å²) in [7, 11) is 0. The molecule has 94 valence electrons. The van der Waals surface area contributed by atoms with Crippen LogP contribution in [-0.2, 0) is 0 Å². The van der Waals surface area contributed by atoms with Crippen molar-refractivity contribution >= 4 is 89.8 Å². The van der Waals surface area contributed by atoms with Crippen molar-refractivity contribution < 1.29 is 4.79 Å². The first-order chi connectivity index (χ1) is 4.34. The Bertz CT molecular complexity index is 234. The lowest BCUT2D eigenvalue weighted by Gasteiger charge is -1.90. The zero-order chi connectivity index (χ0) is 6.69. The topological polar surface area (TPSA) is 17.1 Å². The van der Waals surface area contributed by atoms with Crippen molar-refractivity contribution in [2.75, 3.05) is 0 Å². The molecule has 0 saturated carbocycles. The lowest BCUT2D eigenvalue weighted by atomic mass is 10.2. The zero-order valence-electron chi connectivity index (χ0n) is 7.42. The highest BCUT2D eigenvalue weighted by atomic mass is 35.5. The fourth-order valence-electron chi connectivity index (χ4n) is 0.571. The number of hydrogen-bond acceptors (Lipinski definition) is 1. The minimum Gasteiger partial charge on any atom is -0.298 e. The van der Waals surface area contributed by atoms with Crippen LogP contribution in [0.5, 0.6) is 0 Å². The molecule has 0 spiro atoms. The number of carbonyl (C=O) groups is 1. The highest BCUT2D eigenvalue weighted by Gasteiger charge is 1.92. The van der Waals surface area contributed by atoms with Crippen molar-refractivity contribution in [1.29, 1.82) is 0 Å². The molecule has 15 heavy (non-hydrogen) atoms. The Balaban J connectivity index is -0.0000000337. The predicted octanol–water partition coefficient (Wildman–Crippen LogP) is 4.32. The van der Waals surface area contributed by atoms with E-state index in [4.69, 9.17) is 11.6 Å². The van der Waals surface area contributed by atoms with E-state index in [1.807, 2.05) is 0 Å². The van der Waals surface area contributed by atoms with E-state index < -0.39 is 0 Å².